The summed E-state index contributed by atoms with van der Waals surface area (Å²) in [5.41, 5.74) is 0.352. The molecule has 2 N–H and O–H groups in total. The fourth-order valence-corrected chi connectivity index (χ4v) is 0. The molecule has 9 heteroatoms. The number of carbonyl (C=O) groups is 4. The van der Waals surface area contributed by atoms with Crippen molar-refractivity contribution in [1.29, 1.82) is 0 Å². The van der Waals surface area contributed by atoms with Crippen molar-refractivity contribution in [3.8, 4) is 0 Å². The van der Waals surface area contributed by atoms with Crippen LogP contribution in [0.3, 0.4) is 0 Å². The average molecular weight is 356 g/mol. The molecule has 0 rings (SSSR count). The van der Waals surface area contributed by atoms with Gasteiger partial charge < -0.3 is 30.0 Å². The van der Waals surface area contributed by atoms with Gasteiger partial charge in [0, 0.05) is 23.1 Å². The normalized spacial score (nSPS) is 6.67. The Kier molecular flexibility index (Phi) is 30.4. The van der Waals surface area contributed by atoms with Crippen molar-refractivity contribution in [2.45, 2.75) is 27.7 Å². The first kappa shape index (κ1) is 31.4. The molecule has 0 radical (unpaired) electrons. The molecule has 8 nitrogen and oxygen atoms in total. The van der Waals surface area contributed by atoms with E-state index in [1.54, 1.807) is 0 Å². The quantitative estimate of drug-likeness (QED) is 0.462. The number of hydrogen-bond donors (Lipinski definition) is 2. The molecule has 0 heterocycles. The van der Waals surface area contributed by atoms with Gasteiger partial charge in [0.1, 0.15) is 0 Å². The first-order valence-corrected chi connectivity index (χ1v) is 4.88. The van der Waals surface area contributed by atoms with Gasteiger partial charge in [-0.25, -0.2) is 9.59 Å². The summed E-state index contributed by atoms with van der Waals surface area (Å²) in [5, 5.41) is 33.6. The maximum absolute atomic E-state index is 9.60. The fraction of sp³-hybridized carbons (Fsp3) is 0.333. The smallest absolute Gasteiger partial charge is 0.550 e. The molecular formula is C12H18O8Zn. The number of carboxylic acid groups (broad SMARTS) is 4. The van der Waals surface area contributed by atoms with Crippen molar-refractivity contribution in [2.24, 2.45) is 0 Å². The second kappa shape index (κ2) is 20.3. The van der Waals surface area contributed by atoms with E-state index in [0.29, 0.717) is 0 Å². The topological polar surface area (TPSA) is 155 Å². The van der Waals surface area contributed by atoms with E-state index in [1.807, 2.05) is 0 Å². The Hall–Kier alpha value is -2.02. The minimum atomic E-state index is -1.08. The molecule has 0 bridgehead atoms. The van der Waals surface area contributed by atoms with Crippen molar-refractivity contribution in [3.63, 3.8) is 0 Å². The summed E-state index contributed by atoms with van der Waals surface area (Å²) in [5.74, 6) is -4.04. The van der Waals surface area contributed by atoms with E-state index in [4.69, 9.17) is 30.0 Å². The van der Waals surface area contributed by atoms with Gasteiger partial charge in [-0.15, -0.1) is 0 Å². The van der Waals surface area contributed by atoms with Gasteiger partial charge in [-0.3, -0.25) is 0 Å². The Labute approximate surface area is 135 Å². The predicted octanol–water partition coefficient (Wildman–Crippen LogP) is -1.20. The standard InChI is InChI=1S/2C4H6O2.2C2H4O2.Zn/c2*1-3(2)4(5)6;2*1-2(3)4;/h2*1H2,2H3,(H,5,6);2*1H3,(H,3,4);/q;;;;+2/p-2. The number of carbonyl (C=O) groups excluding carboxylic acids is 2. The first-order valence-electron chi connectivity index (χ1n) is 4.88. The molecule has 0 unspecified atom stereocenters. The summed E-state index contributed by atoms with van der Waals surface area (Å²) in [6.07, 6.45) is 0. The predicted molar refractivity (Wildman–Crippen MR) is 66.3 cm³/mol. The van der Waals surface area contributed by atoms with E-state index in [2.05, 4.69) is 13.2 Å². The molecule has 0 aromatic heterocycles. The van der Waals surface area contributed by atoms with Crippen molar-refractivity contribution >= 4 is 23.9 Å². The fourth-order valence-electron chi connectivity index (χ4n) is 0. The van der Waals surface area contributed by atoms with Crippen LogP contribution in [-0.2, 0) is 38.7 Å². The molecule has 0 aromatic rings. The zero-order chi connectivity index (χ0) is 17.5. The second-order valence-electron chi connectivity index (χ2n) is 3.15. The molecule has 0 saturated carbocycles. The van der Waals surface area contributed by atoms with Gasteiger partial charge >= 0.3 is 31.4 Å². The van der Waals surface area contributed by atoms with Crippen LogP contribution in [0, 0.1) is 0 Å². The summed E-state index contributed by atoms with van der Waals surface area (Å²) in [7, 11) is 0. The van der Waals surface area contributed by atoms with Crippen LogP contribution >= 0.6 is 0 Å². The molecule has 0 spiro atoms. The molecule has 0 aliphatic carbocycles. The van der Waals surface area contributed by atoms with Crippen LogP contribution in [0.4, 0.5) is 0 Å². The van der Waals surface area contributed by atoms with Crippen LogP contribution in [-0.4, -0.2) is 34.1 Å². The minimum Gasteiger partial charge on any atom is -0.550 e. The third-order valence-corrected chi connectivity index (χ3v) is 0.730. The molecule has 0 aromatic carbocycles. The maximum atomic E-state index is 9.60. The van der Waals surface area contributed by atoms with E-state index < -0.39 is 23.9 Å². The van der Waals surface area contributed by atoms with Crippen molar-refractivity contribution in [1.82, 2.24) is 0 Å². The summed E-state index contributed by atoms with van der Waals surface area (Å²) >= 11 is 0. The minimum absolute atomic E-state index is 0. The van der Waals surface area contributed by atoms with Gasteiger partial charge in [0.15, 0.2) is 0 Å². The number of hydrogen-bond acceptors (Lipinski definition) is 6. The summed E-state index contributed by atoms with van der Waals surface area (Å²) in [6.45, 7) is 11.1. The number of aliphatic carboxylic acids is 4. The third-order valence-electron chi connectivity index (χ3n) is 0.730. The van der Waals surface area contributed by atoms with E-state index >= 15 is 0 Å². The Morgan fingerprint density at radius 2 is 0.762 bits per heavy atom. The zero-order valence-electron chi connectivity index (χ0n) is 12.5. The van der Waals surface area contributed by atoms with Crippen molar-refractivity contribution in [2.75, 3.05) is 0 Å². The molecule has 0 aliphatic rings. The summed E-state index contributed by atoms with van der Waals surface area (Å²) in [4.78, 5) is 37.0. The van der Waals surface area contributed by atoms with E-state index in [0.717, 1.165) is 13.8 Å². The Balaban J connectivity index is -0.0000000544. The first-order chi connectivity index (χ1) is 8.75. The molecule has 21 heavy (non-hydrogen) atoms. The molecular weight excluding hydrogens is 338 g/mol. The van der Waals surface area contributed by atoms with Gasteiger partial charge in [0.25, 0.3) is 0 Å². The van der Waals surface area contributed by atoms with Crippen LogP contribution < -0.4 is 10.2 Å². The molecule has 0 aliphatic heterocycles. The second-order valence-corrected chi connectivity index (χ2v) is 3.15. The Morgan fingerprint density at radius 1 is 0.714 bits per heavy atom. The monoisotopic (exact) mass is 354 g/mol. The van der Waals surface area contributed by atoms with Gasteiger partial charge in [0.2, 0.25) is 0 Å². The third kappa shape index (κ3) is 128. The summed E-state index contributed by atoms with van der Waals surface area (Å²) in [6, 6.07) is 0. The Morgan fingerprint density at radius 3 is 0.762 bits per heavy atom. The number of carboxylic acids is 4. The average Bonchev–Trinajstić information content (AvgIpc) is 2.15. The summed E-state index contributed by atoms with van der Waals surface area (Å²) < 4.78 is 0. The maximum Gasteiger partial charge on any atom is 2.00 e. The van der Waals surface area contributed by atoms with Crippen LogP contribution in [0.25, 0.3) is 0 Å². The molecule has 116 valence electrons. The molecule has 0 amide bonds. The Bertz CT molecular complexity index is 305. The number of rotatable bonds is 2. The largest absolute Gasteiger partial charge is 2.00 e. The molecule has 0 atom stereocenters. The van der Waals surface area contributed by atoms with E-state index in [1.165, 1.54) is 13.8 Å². The SMILES string of the molecule is C=C(C)C(=O)O.C=C(C)C(=O)O.CC(=O)[O-].CC(=O)[O-].[Zn+2]. The molecule has 0 saturated heterocycles. The molecule has 0 fully saturated rings. The van der Waals surface area contributed by atoms with Gasteiger partial charge in [-0.2, -0.15) is 0 Å². The zero-order valence-corrected chi connectivity index (χ0v) is 15.4. The van der Waals surface area contributed by atoms with Crippen LogP contribution in [0.2, 0.25) is 0 Å². The van der Waals surface area contributed by atoms with Gasteiger partial charge in [-0.1, -0.05) is 13.2 Å². The van der Waals surface area contributed by atoms with Crippen LogP contribution in [0.5, 0.6) is 0 Å². The van der Waals surface area contributed by atoms with Crippen LogP contribution in [0.1, 0.15) is 27.7 Å². The van der Waals surface area contributed by atoms with Crippen LogP contribution in [0.15, 0.2) is 24.3 Å². The van der Waals surface area contributed by atoms with Crippen molar-refractivity contribution < 1.29 is 59.1 Å². The van der Waals surface area contributed by atoms with Gasteiger partial charge in [-0.05, 0) is 27.7 Å². The van der Waals surface area contributed by atoms with E-state index in [9.17, 15) is 9.59 Å². The van der Waals surface area contributed by atoms with Crippen molar-refractivity contribution in [3.05, 3.63) is 24.3 Å². The van der Waals surface area contributed by atoms with Gasteiger partial charge in [0.05, 0.1) is 0 Å². The van der Waals surface area contributed by atoms with E-state index in [-0.39, 0.29) is 30.6 Å².